The second kappa shape index (κ2) is 13.4. The number of rotatable bonds is 8. The molecule has 0 amide bonds. The minimum absolute atomic E-state index is 0.0957. The van der Waals surface area contributed by atoms with Crippen LogP contribution in [0.3, 0.4) is 0 Å². The maximum Gasteiger partial charge on any atom is 0.303 e. The van der Waals surface area contributed by atoms with Gasteiger partial charge in [0.1, 0.15) is 29.9 Å². The lowest BCUT2D eigenvalue weighted by Crippen LogP contribution is -2.57. The summed E-state index contributed by atoms with van der Waals surface area (Å²) in [5, 5.41) is 17.6. The average molecular weight is 639 g/mol. The number of halogens is 4. The Morgan fingerprint density at radius 1 is 1.02 bits per heavy atom. The molecule has 1 saturated heterocycles. The highest BCUT2D eigenvalue weighted by molar-refractivity contribution is 7.99. The van der Waals surface area contributed by atoms with Gasteiger partial charge in [0.05, 0.1) is 17.8 Å². The summed E-state index contributed by atoms with van der Waals surface area (Å²) in [7, 11) is 0. The van der Waals surface area contributed by atoms with Gasteiger partial charge in [-0.3, -0.25) is 14.4 Å². The zero-order chi connectivity index (χ0) is 31.4. The van der Waals surface area contributed by atoms with Crippen LogP contribution in [0.1, 0.15) is 32.4 Å². The Bertz CT molecular complexity index is 1580. The van der Waals surface area contributed by atoms with Gasteiger partial charge in [-0.15, -0.1) is 5.10 Å². The Balaban J connectivity index is 1.84. The van der Waals surface area contributed by atoms with Gasteiger partial charge in [0.2, 0.25) is 0 Å². The highest BCUT2D eigenvalue weighted by Gasteiger charge is 2.52. The van der Waals surface area contributed by atoms with Crippen molar-refractivity contribution in [2.45, 2.75) is 55.5 Å². The first-order valence-corrected chi connectivity index (χ1v) is 13.7. The van der Waals surface area contributed by atoms with Crippen LogP contribution >= 0.6 is 23.4 Å². The van der Waals surface area contributed by atoms with Crippen molar-refractivity contribution in [1.29, 1.82) is 5.26 Å². The van der Waals surface area contributed by atoms with Crippen LogP contribution in [0.2, 0.25) is 5.02 Å². The maximum atomic E-state index is 14.0. The van der Waals surface area contributed by atoms with E-state index >= 15 is 0 Å². The Labute approximate surface area is 251 Å². The zero-order valence-electron chi connectivity index (χ0n) is 22.6. The van der Waals surface area contributed by atoms with Gasteiger partial charge in [0, 0.05) is 36.3 Å². The third-order valence-electron chi connectivity index (χ3n) is 6.02. The van der Waals surface area contributed by atoms with E-state index in [9.17, 15) is 32.8 Å². The lowest BCUT2D eigenvalue weighted by Gasteiger charge is -2.44. The SMILES string of the molecule is CC(=O)OCC1O[C@H](Sc2cc(Cl)cc(C#N)c2)C(OC(C)=O)[C@@H](n2cc(-c3cc(F)c(F)c(F)c3)nn2)[C@H]1OC(C)=O. The Kier molecular flexibility index (Phi) is 9.95. The van der Waals surface area contributed by atoms with Crippen LogP contribution in [-0.4, -0.2) is 63.3 Å². The molecule has 2 heterocycles. The molecule has 5 atom stereocenters. The highest BCUT2D eigenvalue weighted by atomic mass is 35.5. The molecule has 0 aliphatic carbocycles. The number of nitriles is 1. The third-order valence-corrected chi connectivity index (χ3v) is 7.36. The Morgan fingerprint density at radius 2 is 1.67 bits per heavy atom. The molecule has 1 fully saturated rings. The van der Waals surface area contributed by atoms with E-state index in [1.54, 1.807) is 6.07 Å². The fourth-order valence-electron chi connectivity index (χ4n) is 4.37. The first-order valence-electron chi connectivity index (χ1n) is 12.4. The molecule has 2 unspecified atom stereocenters. The standard InChI is InChI=1S/C27H22ClF3N4O7S/c1-12(36)39-11-22-25(40-13(2)37)24(35-10-21(33-34-35)16-6-19(29)23(31)20(30)7-16)26(41-14(3)38)27(42-22)43-18-5-15(9-32)4-17(28)8-18/h4-8,10,22,24-27H,11H2,1-3H3/t22?,24-,25-,26?,27+/m0/s1. The number of hydrogen-bond acceptors (Lipinski definition) is 11. The monoisotopic (exact) mass is 638 g/mol. The van der Waals surface area contributed by atoms with Crippen molar-refractivity contribution in [3.05, 3.63) is 64.6 Å². The molecule has 11 nitrogen and oxygen atoms in total. The number of ether oxygens (including phenoxy) is 4. The largest absolute Gasteiger partial charge is 0.463 e. The van der Waals surface area contributed by atoms with Crippen molar-refractivity contribution in [3.63, 3.8) is 0 Å². The number of carbonyl (C=O) groups is 3. The molecule has 1 aliphatic rings. The molecule has 0 radical (unpaired) electrons. The smallest absolute Gasteiger partial charge is 0.303 e. The number of aromatic nitrogens is 3. The minimum atomic E-state index is -1.67. The molecule has 3 aromatic rings. The van der Waals surface area contributed by atoms with Gasteiger partial charge < -0.3 is 18.9 Å². The molecular formula is C27H22ClF3N4O7S. The maximum absolute atomic E-state index is 14.0. The molecular weight excluding hydrogens is 617 g/mol. The van der Waals surface area contributed by atoms with Crippen molar-refractivity contribution in [2.24, 2.45) is 0 Å². The van der Waals surface area contributed by atoms with Gasteiger partial charge in [0.25, 0.3) is 0 Å². The van der Waals surface area contributed by atoms with Crippen LogP contribution < -0.4 is 0 Å². The van der Waals surface area contributed by atoms with E-state index in [2.05, 4.69) is 10.3 Å². The van der Waals surface area contributed by atoms with Gasteiger partial charge in [-0.2, -0.15) is 5.26 Å². The lowest BCUT2D eigenvalue weighted by molar-refractivity contribution is -0.212. The van der Waals surface area contributed by atoms with Gasteiger partial charge in [-0.05, 0) is 30.3 Å². The van der Waals surface area contributed by atoms with Crippen LogP contribution in [0.4, 0.5) is 13.2 Å². The van der Waals surface area contributed by atoms with Crippen LogP contribution in [0.5, 0.6) is 0 Å². The third kappa shape index (κ3) is 7.64. The molecule has 0 N–H and O–H groups in total. The zero-order valence-corrected chi connectivity index (χ0v) is 24.2. The summed E-state index contributed by atoms with van der Waals surface area (Å²) >= 11 is 7.18. The summed E-state index contributed by atoms with van der Waals surface area (Å²) in [5.74, 6) is -6.76. The molecule has 1 aliphatic heterocycles. The summed E-state index contributed by atoms with van der Waals surface area (Å²) in [6, 6.07) is 6.73. The van der Waals surface area contributed by atoms with E-state index < -0.39 is 71.8 Å². The number of carbonyl (C=O) groups excluding carboxylic acids is 3. The molecule has 0 spiro atoms. The van der Waals surface area contributed by atoms with Crippen molar-refractivity contribution in [1.82, 2.24) is 15.0 Å². The van der Waals surface area contributed by atoms with Crippen molar-refractivity contribution < 1.29 is 46.5 Å². The quantitative estimate of drug-likeness (QED) is 0.197. The molecule has 16 heteroatoms. The molecule has 1 aromatic heterocycles. The van der Waals surface area contributed by atoms with Gasteiger partial charge in [0.15, 0.2) is 29.7 Å². The number of benzene rings is 2. The van der Waals surface area contributed by atoms with E-state index in [0.717, 1.165) is 49.3 Å². The number of thioether (sulfide) groups is 1. The summed E-state index contributed by atoms with van der Waals surface area (Å²) in [6.45, 7) is 3.01. The molecule has 4 rings (SSSR count). The van der Waals surface area contributed by atoms with Crippen LogP contribution in [-0.2, 0) is 33.3 Å². The Hall–Kier alpha value is -4.13. The number of hydrogen-bond donors (Lipinski definition) is 0. The normalized spacial score (nSPS) is 21.5. The molecule has 2 aromatic carbocycles. The summed E-state index contributed by atoms with van der Waals surface area (Å²) in [4.78, 5) is 36.6. The predicted molar refractivity (Wildman–Crippen MR) is 143 cm³/mol. The first kappa shape index (κ1) is 31.8. The van der Waals surface area contributed by atoms with Gasteiger partial charge in [-0.1, -0.05) is 28.6 Å². The second-order valence-electron chi connectivity index (χ2n) is 9.23. The number of nitrogens with zero attached hydrogens (tertiary/aromatic N) is 4. The number of esters is 3. The Morgan fingerprint density at radius 3 is 2.28 bits per heavy atom. The summed E-state index contributed by atoms with van der Waals surface area (Å²) in [6.07, 6.45) is -2.50. The first-order chi connectivity index (χ1) is 20.4. The average Bonchev–Trinajstić information content (AvgIpc) is 3.41. The van der Waals surface area contributed by atoms with Crippen LogP contribution in [0.15, 0.2) is 41.4 Å². The minimum Gasteiger partial charge on any atom is -0.463 e. The predicted octanol–water partition coefficient (Wildman–Crippen LogP) is 4.37. The van der Waals surface area contributed by atoms with E-state index in [4.69, 9.17) is 30.5 Å². The van der Waals surface area contributed by atoms with Crippen LogP contribution in [0.25, 0.3) is 11.3 Å². The van der Waals surface area contributed by atoms with Gasteiger partial charge in [-0.25, -0.2) is 17.9 Å². The molecule has 43 heavy (non-hydrogen) atoms. The van der Waals surface area contributed by atoms with Crippen LogP contribution in [0, 0.1) is 28.8 Å². The van der Waals surface area contributed by atoms with E-state index in [1.807, 2.05) is 6.07 Å². The van der Waals surface area contributed by atoms with E-state index in [1.165, 1.54) is 18.3 Å². The fraction of sp³-hybridized carbons (Fsp3) is 0.333. The highest BCUT2D eigenvalue weighted by Crippen LogP contribution is 2.42. The topological polar surface area (TPSA) is 143 Å². The van der Waals surface area contributed by atoms with Crippen molar-refractivity contribution in [2.75, 3.05) is 6.61 Å². The fourth-order valence-corrected chi connectivity index (χ4v) is 5.87. The van der Waals surface area contributed by atoms with Crippen molar-refractivity contribution in [3.8, 4) is 17.3 Å². The second-order valence-corrected chi connectivity index (χ2v) is 10.8. The molecule has 0 bridgehead atoms. The summed E-state index contributed by atoms with van der Waals surface area (Å²) in [5.41, 5.74) is -1.12. The molecule has 226 valence electrons. The lowest BCUT2D eigenvalue weighted by atomic mass is 9.96. The summed E-state index contributed by atoms with van der Waals surface area (Å²) < 4.78 is 65.2. The van der Waals surface area contributed by atoms with Crippen molar-refractivity contribution >= 4 is 41.3 Å². The van der Waals surface area contributed by atoms with Gasteiger partial charge >= 0.3 is 17.9 Å². The van der Waals surface area contributed by atoms with E-state index in [-0.39, 0.29) is 21.8 Å². The molecule has 0 saturated carbocycles. The van der Waals surface area contributed by atoms with E-state index in [0.29, 0.717) is 4.90 Å².